The fraction of sp³-hybridized carbons (Fsp3) is 0.300. The van der Waals surface area contributed by atoms with Crippen LogP contribution in [0.5, 0.6) is 0 Å². The highest BCUT2D eigenvalue weighted by Crippen LogP contribution is 2.26. The lowest BCUT2D eigenvalue weighted by Crippen LogP contribution is -2.10. The quantitative estimate of drug-likeness (QED) is 0.911. The lowest BCUT2D eigenvalue weighted by molar-refractivity contribution is 0.737. The number of halogens is 1. The SMILES string of the molecule is CCC(Nc1ncncc1Cl)c1nccs1. The molecule has 2 aromatic heterocycles. The van der Waals surface area contributed by atoms with Crippen LogP contribution in [-0.2, 0) is 0 Å². The van der Waals surface area contributed by atoms with Gasteiger partial charge in [-0.05, 0) is 6.42 Å². The molecule has 0 spiro atoms. The second-order valence-corrected chi connectivity index (χ2v) is 4.53. The summed E-state index contributed by atoms with van der Waals surface area (Å²) in [5.74, 6) is 0.652. The lowest BCUT2D eigenvalue weighted by atomic mass is 10.2. The highest BCUT2D eigenvalue weighted by atomic mass is 35.5. The van der Waals surface area contributed by atoms with Crippen LogP contribution in [0.25, 0.3) is 0 Å². The molecule has 6 heteroatoms. The molecule has 0 radical (unpaired) electrons. The van der Waals surface area contributed by atoms with E-state index in [4.69, 9.17) is 11.6 Å². The maximum atomic E-state index is 5.98. The summed E-state index contributed by atoms with van der Waals surface area (Å²) in [5.41, 5.74) is 0. The van der Waals surface area contributed by atoms with Crippen LogP contribution < -0.4 is 5.32 Å². The Bertz CT molecular complexity index is 446. The van der Waals surface area contributed by atoms with Crippen LogP contribution in [0.2, 0.25) is 5.02 Å². The minimum absolute atomic E-state index is 0.146. The van der Waals surface area contributed by atoms with Gasteiger partial charge in [0.2, 0.25) is 0 Å². The molecule has 0 fully saturated rings. The first-order valence-electron chi connectivity index (χ1n) is 4.92. The normalized spacial score (nSPS) is 12.4. The van der Waals surface area contributed by atoms with Gasteiger partial charge in [0.05, 0.1) is 12.2 Å². The third-order valence-electron chi connectivity index (χ3n) is 2.14. The molecule has 2 rings (SSSR count). The summed E-state index contributed by atoms with van der Waals surface area (Å²) in [6, 6.07) is 0.146. The van der Waals surface area contributed by atoms with Crippen LogP contribution >= 0.6 is 22.9 Å². The molecule has 2 heterocycles. The van der Waals surface area contributed by atoms with Crippen molar-refractivity contribution >= 4 is 28.8 Å². The number of anilines is 1. The number of thiazole rings is 1. The van der Waals surface area contributed by atoms with E-state index in [-0.39, 0.29) is 6.04 Å². The van der Waals surface area contributed by atoms with Gasteiger partial charge in [-0.3, -0.25) is 0 Å². The highest BCUT2D eigenvalue weighted by molar-refractivity contribution is 7.09. The van der Waals surface area contributed by atoms with E-state index in [1.54, 1.807) is 23.7 Å². The van der Waals surface area contributed by atoms with Crippen LogP contribution in [0.1, 0.15) is 24.4 Å². The van der Waals surface area contributed by atoms with Crippen molar-refractivity contribution < 1.29 is 0 Å². The molecule has 0 aliphatic heterocycles. The van der Waals surface area contributed by atoms with Crippen molar-refractivity contribution in [2.24, 2.45) is 0 Å². The Labute approximate surface area is 103 Å². The number of rotatable bonds is 4. The van der Waals surface area contributed by atoms with E-state index in [0.717, 1.165) is 11.4 Å². The fourth-order valence-electron chi connectivity index (χ4n) is 1.33. The summed E-state index contributed by atoms with van der Waals surface area (Å²) in [6.45, 7) is 2.09. The number of hydrogen-bond acceptors (Lipinski definition) is 5. The molecule has 1 atom stereocenters. The van der Waals surface area contributed by atoms with E-state index in [2.05, 4.69) is 27.2 Å². The van der Waals surface area contributed by atoms with Gasteiger partial charge in [-0.2, -0.15) is 0 Å². The highest BCUT2D eigenvalue weighted by Gasteiger charge is 2.13. The average Bonchev–Trinajstić information content (AvgIpc) is 2.81. The number of aromatic nitrogens is 3. The summed E-state index contributed by atoms with van der Waals surface area (Å²) in [6.07, 6.45) is 5.77. The van der Waals surface area contributed by atoms with Crippen molar-refractivity contribution in [1.82, 2.24) is 15.0 Å². The molecule has 4 nitrogen and oxygen atoms in total. The molecule has 0 saturated heterocycles. The van der Waals surface area contributed by atoms with E-state index in [0.29, 0.717) is 10.8 Å². The van der Waals surface area contributed by atoms with Crippen molar-refractivity contribution in [3.05, 3.63) is 34.1 Å². The van der Waals surface area contributed by atoms with Crippen molar-refractivity contribution in [3.8, 4) is 0 Å². The second kappa shape index (κ2) is 5.23. The summed E-state index contributed by atoms with van der Waals surface area (Å²) >= 11 is 7.60. The first kappa shape index (κ1) is 11.3. The average molecular weight is 255 g/mol. The Morgan fingerprint density at radius 3 is 3.00 bits per heavy atom. The molecule has 2 aromatic rings. The molecule has 0 aliphatic carbocycles. The predicted octanol–water partition coefficient (Wildman–Crippen LogP) is 3.15. The van der Waals surface area contributed by atoms with Gasteiger partial charge in [-0.1, -0.05) is 18.5 Å². The maximum Gasteiger partial charge on any atom is 0.148 e. The monoisotopic (exact) mass is 254 g/mol. The summed E-state index contributed by atoms with van der Waals surface area (Å²) in [5, 5.41) is 6.79. The van der Waals surface area contributed by atoms with E-state index in [1.165, 1.54) is 6.33 Å². The molecule has 84 valence electrons. The van der Waals surface area contributed by atoms with Gasteiger partial charge in [-0.25, -0.2) is 15.0 Å². The van der Waals surface area contributed by atoms with Crippen LogP contribution in [0.15, 0.2) is 24.1 Å². The van der Waals surface area contributed by atoms with Crippen molar-refractivity contribution in [2.45, 2.75) is 19.4 Å². The topological polar surface area (TPSA) is 50.7 Å². The maximum absolute atomic E-state index is 5.98. The zero-order valence-corrected chi connectivity index (χ0v) is 10.3. The second-order valence-electron chi connectivity index (χ2n) is 3.19. The van der Waals surface area contributed by atoms with Crippen molar-refractivity contribution in [1.29, 1.82) is 0 Å². The zero-order chi connectivity index (χ0) is 11.4. The van der Waals surface area contributed by atoms with Gasteiger partial charge in [0.1, 0.15) is 22.2 Å². The molecule has 0 amide bonds. The van der Waals surface area contributed by atoms with Gasteiger partial charge in [0, 0.05) is 11.6 Å². The number of nitrogens with one attached hydrogen (secondary N) is 1. The Hall–Kier alpha value is -1.20. The number of hydrogen-bond donors (Lipinski definition) is 1. The molecule has 16 heavy (non-hydrogen) atoms. The van der Waals surface area contributed by atoms with Gasteiger partial charge < -0.3 is 5.32 Å². The molecular formula is C10H11ClN4S. The Balaban J connectivity index is 2.17. The van der Waals surface area contributed by atoms with E-state index >= 15 is 0 Å². The Morgan fingerprint density at radius 1 is 1.50 bits per heavy atom. The van der Waals surface area contributed by atoms with Crippen molar-refractivity contribution in [3.63, 3.8) is 0 Å². The van der Waals surface area contributed by atoms with Crippen LogP contribution in [0.3, 0.4) is 0 Å². The van der Waals surface area contributed by atoms with Crippen LogP contribution in [0.4, 0.5) is 5.82 Å². The third kappa shape index (κ3) is 2.48. The van der Waals surface area contributed by atoms with Crippen LogP contribution in [0, 0.1) is 0 Å². The largest absolute Gasteiger partial charge is 0.360 e. The molecule has 0 aliphatic rings. The molecule has 0 bridgehead atoms. The van der Waals surface area contributed by atoms with E-state index < -0.39 is 0 Å². The molecule has 0 aromatic carbocycles. The Morgan fingerprint density at radius 2 is 2.38 bits per heavy atom. The van der Waals surface area contributed by atoms with Gasteiger partial charge in [0.15, 0.2) is 0 Å². The molecule has 0 saturated carbocycles. The van der Waals surface area contributed by atoms with Crippen LogP contribution in [-0.4, -0.2) is 15.0 Å². The lowest BCUT2D eigenvalue weighted by Gasteiger charge is -2.15. The summed E-state index contributed by atoms with van der Waals surface area (Å²) in [4.78, 5) is 12.2. The zero-order valence-electron chi connectivity index (χ0n) is 8.72. The van der Waals surface area contributed by atoms with E-state index in [1.807, 2.05) is 5.38 Å². The fourth-order valence-corrected chi connectivity index (χ4v) is 2.26. The minimum atomic E-state index is 0.146. The third-order valence-corrected chi connectivity index (χ3v) is 3.30. The Kier molecular flexibility index (Phi) is 3.69. The first-order chi connectivity index (χ1) is 7.81. The molecule has 1 unspecified atom stereocenters. The first-order valence-corrected chi connectivity index (χ1v) is 6.18. The van der Waals surface area contributed by atoms with Crippen molar-refractivity contribution in [2.75, 3.05) is 5.32 Å². The molecule has 1 N–H and O–H groups in total. The smallest absolute Gasteiger partial charge is 0.148 e. The standard InChI is InChI=1S/C10H11ClN4S/c1-2-8(10-13-3-4-16-10)15-9-7(11)5-12-6-14-9/h3-6,8H,2H2,1H3,(H,12,14,15). The predicted molar refractivity (Wildman–Crippen MR) is 65.8 cm³/mol. The van der Waals surface area contributed by atoms with E-state index in [9.17, 15) is 0 Å². The number of nitrogens with zero attached hydrogens (tertiary/aromatic N) is 3. The summed E-state index contributed by atoms with van der Waals surface area (Å²) in [7, 11) is 0. The van der Waals surface area contributed by atoms with Gasteiger partial charge in [-0.15, -0.1) is 11.3 Å². The minimum Gasteiger partial charge on any atom is -0.360 e. The van der Waals surface area contributed by atoms with Gasteiger partial charge in [0.25, 0.3) is 0 Å². The molecular weight excluding hydrogens is 244 g/mol. The van der Waals surface area contributed by atoms with Gasteiger partial charge >= 0.3 is 0 Å². The summed E-state index contributed by atoms with van der Waals surface area (Å²) < 4.78 is 0.